The van der Waals surface area contributed by atoms with Crippen LogP contribution in [0.1, 0.15) is 34.4 Å². The van der Waals surface area contributed by atoms with Crippen molar-refractivity contribution in [2.75, 3.05) is 26.0 Å². The second kappa shape index (κ2) is 8.35. The van der Waals surface area contributed by atoms with Gasteiger partial charge < -0.3 is 10.1 Å². The maximum atomic E-state index is 12.4. The molecule has 136 valence electrons. The quantitative estimate of drug-likeness (QED) is 0.845. The lowest BCUT2D eigenvalue weighted by Gasteiger charge is -2.16. The van der Waals surface area contributed by atoms with Gasteiger partial charge in [-0.25, -0.2) is 0 Å². The van der Waals surface area contributed by atoms with Crippen LogP contribution in [0.2, 0.25) is 0 Å². The Balaban J connectivity index is 1.60. The summed E-state index contributed by atoms with van der Waals surface area (Å²) in [5, 5.41) is 13.1. The fourth-order valence-corrected chi connectivity index (χ4v) is 4.54. The van der Waals surface area contributed by atoms with Crippen LogP contribution in [0.4, 0.5) is 5.00 Å². The number of ether oxygens (including phenoxy) is 1. The summed E-state index contributed by atoms with van der Waals surface area (Å²) < 4.78 is 5.16. The van der Waals surface area contributed by atoms with Gasteiger partial charge in [-0.1, -0.05) is 12.1 Å². The number of benzene rings is 1. The third-order valence-corrected chi connectivity index (χ3v) is 5.77. The first-order valence-electron chi connectivity index (χ1n) is 8.76. The smallest absolute Gasteiger partial charge is 0.239 e. The highest BCUT2D eigenvalue weighted by molar-refractivity contribution is 7.16. The number of carbonyl (C=O) groups excluding carboxylic acids is 1. The number of nitriles is 1. The van der Waals surface area contributed by atoms with Crippen LogP contribution in [0.25, 0.3) is 0 Å². The highest BCUT2D eigenvalue weighted by Gasteiger charge is 2.22. The number of rotatable bonds is 6. The van der Waals surface area contributed by atoms with Gasteiger partial charge in [0, 0.05) is 11.4 Å². The zero-order valence-electron chi connectivity index (χ0n) is 15.2. The number of amides is 1. The molecule has 0 aliphatic heterocycles. The number of aryl methyl sites for hydroxylation is 1. The largest absolute Gasteiger partial charge is 0.497 e. The first kappa shape index (κ1) is 18.4. The van der Waals surface area contributed by atoms with Crippen LogP contribution in [0.5, 0.6) is 5.75 Å². The normalized spacial score (nSPS) is 13.2. The molecule has 0 saturated carbocycles. The minimum atomic E-state index is -0.0869. The van der Waals surface area contributed by atoms with Crippen molar-refractivity contribution < 1.29 is 9.53 Å². The van der Waals surface area contributed by atoms with E-state index in [1.54, 1.807) is 18.4 Å². The molecule has 1 heterocycles. The fraction of sp³-hybridized carbons (Fsp3) is 0.400. The summed E-state index contributed by atoms with van der Waals surface area (Å²) in [6, 6.07) is 10.1. The van der Waals surface area contributed by atoms with Crippen molar-refractivity contribution in [3.05, 3.63) is 45.8 Å². The Hall–Kier alpha value is -2.36. The highest BCUT2D eigenvalue weighted by Crippen LogP contribution is 2.37. The molecule has 1 amide bonds. The van der Waals surface area contributed by atoms with E-state index in [0.29, 0.717) is 17.1 Å². The predicted octanol–water partition coefficient (Wildman–Crippen LogP) is 3.58. The van der Waals surface area contributed by atoms with Crippen LogP contribution in [0, 0.1) is 11.3 Å². The summed E-state index contributed by atoms with van der Waals surface area (Å²) >= 11 is 1.56. The number of carbonyl (C=O) groups is 1. The molecule has 2 aromatic rings. The Morgan fingerprint density at radius 2 is 2.04 bits per heavy atom. The highest BCUT2D eigenvalue weighted by atomic mass is 32.1. The summed E-state index contributed by atoms with van der Waals surface area (Å²) in [4.78, 5) is 15.6. The molecule has 26 heavy (non-hydrogen) atoms. The van der Waals surface area contributed by atoms with Crippen molar-refractivity contribution in [2.45, 2.75) is 32.2 Å². The maximum absolute atomic E-state index is 12.4. The number of likely N-dealkylation sites (N-methyl/N-ethyl adjacent to an activating group) is 1. The Morgan fingerprint density at radius 3 is 2.73 bits per heavy atom. The van der Waals surface area contributed by atoms with E-state index in [-0.39, 0.29) is 12.5 Å². The van der Waals surface area contributed by atoms with Crippen molar-refractivity contribution in [2.24, 2.45) is 0 Å². The van der Waals surface area contributed by atoms with Crippen molar-refractivity contribution in [1.29, 1.82) is 5.26 Å². The number of hydrogen-bond acceptors (Lipinski definition) is 5. The first-order chi connectivity index (χ1) is 12.6. The molecule has 0 radical (unpaired) electrons. The van der Waals surface area contributed by atoms with Gasteiger partial charge in [-0.2, -0.15) is 5.26 Å². The summed E-state index contributed by atoms with van der Waals surface area (Å²) in [6.07, 6.45) is 4.25. The summed E-state index contributed by atoms with van der Waals surface area (Å²) in [5.41, 5.74) is 2.92. The molecular formula is C20H23N3O2S. The zero-order valence-corrected chi connectivity index (χ0v) is 16.0. The van der Waals surface area contributed by atoms with E-state index >= 15 is 0 Å². The van der Waals surface area contributed by atoms with E-state index in [2.05, 4.69) is 11.4 Å². The molecule has 3 rings (SSSR count). The number of nitrogens with one attached hydrogen (secondary N) is 1. The van der Waals surface area contributed by atoms with Crippen LogP contribution in [-0.2, 0) is 24.2 Å². The third kappa shape index (κ3) is 4.24. The maximum Gasteiger partial charge on any atom is 0.239 e. The Labute approximate surface area is 158 Å². The zero-order chi connectivity index (χ0) is 18.5. The van der Waals surface area contributed by atoms with Gasteiger partial charge in [-0.05, 0) is 56.0 Å². The minimum Gasteiger partial charge on any atom is -0.497 e. The molecule has 6 heteroatoms. The van der Waals surface area contributed by atoms with Crippen LogP contribution >= 0.6 is 11.3 Å². The minimum absolute atomic E-state index is 0.0869. The van der Waals surface area contributed by atoms with Gasteiger partial charge in [0.1, 0.15) is 16.8 Å². The standard InChI is InChI=1S/C20H23N3O2S/c1-23(12-14-7-9-15(25-2)10-8-14)13-19(24)22-20-17(11-21)16-5-3-4-6-18(16)26-20/h7-10H,3-6,12-13H2,1-2H3,(H,22,24). The molecule has 0 atom stereocenters. The Morgan fingerprint density at radius 1 is 1.31 bits per heavy atom. The molecular weight excluding hydrogens is 346 g/mol. The summed E-state index contributed by atoms with van der Waals surface area (Å²) in [7, 11) is 3.55. The van der Waals surface area contributed by atoms with E-state index < -0.39 is 0 Å². The van der Waals surface area contributed by atoms with Crippen molar-refractivity contribution >= 4 is 22.2 Å². The van der Waals surface area contributed by atoms with Gasteiger partial charge >= 0.3 is 0 Å². The SMILES string of the molecule is COc1ccc(CN(C)CC(=O)Nc2sc3c(c2C#N)CCCC3)cc1. The Bertz CT molecular complexity index is 821. The third-order valence-electron chi connectivity index (χ3n) is 4.56. The van der Waals surface area contributed by atoms with Gasteiger partial charge in [0.2, 0.25) is 5.91 Å². The number of fused-ring (bicyclic) bond motifs is 1. The van der Waals surface area contributed by atoms with Crippen LogP contribution in [0.3, 0.4) is 0 Å². The van der Waals surface area contributed by atoms with Crippen molar-refractivity contribution in [3.63, 3.8) is 0 Å². The molecule has 1 aromatic heterocycles. The van der Waals surface area contributed by atoms with E-state index in [0.717, 1.165) is 42.6 Å². The van der Waals surface area contributed by atoms with Crippen molar-refractivity contribution in [1.82, 2.24) is 4.90 Å². The molecule has 0 unspecified atom stereocenters. The van der Waals surface area contributed by atoms with Crippen LogP contribution in [-0.4, -0.2) is 31.5 Å². The number of thiophene rings is 1. The second-order valence-corrected chi connectivity index (χ2v) is 7.70. The Kier molecular flexibility index (Phi) is 5.92. The molecule has 5 nitrogen and oxygen atoms in total. The fourth-order valence-electron chi connectivity index (χ4n) is 3.28. The van der Waals surface area contributed by atoms with Gasteiger partial charge in [0.25, 0.3) is 0 Å². The first-order valence-corrected chi connectivity index (χ1v) is 9.58. The lowest BCUT2D eigenvalue weighted by molar-refractivity contribution is -0.117. The van der Waals surface area contributed by atoms with E-state index in [1.165, 1.54) is 4.88 Å². The van der Waals surface area contributed by atoms with Crippen LogP contribution < -0.4 is 10.1 Å². The second-order valence-electron chi connectivity index (χ2n) is 6.60. The van der Waals surface area contributed by atoms with Gasteiger partial charge in [0.05, 0.1) is 19.2 Å². The molecule has 1 aliphatic rings. The lowest BCUT2D eigenvalue weighted by Crippen LogP contribution is -2.29. The molecule has 0 saturated heterocycles. The summed E-state index contributed by atoms with van der Waals surface area (Å²) in [6.45, 7) is 0.947. The van der Waals surface area contributed by atoms with Crippen molar-refractivity contribution in [3.8, 4) is 11.8 Å². The predicted molar refractivity (Wildman–Crippen MR) is 104 cm³/mol. The van der Waals surface area contributed by atoms with Gasteiger partial charge in [-0.15, -0.1) is 11.3 Å². The summed E-state index contributed by atoms with van der Waals surface area (Å²) in [5.74, 6) is 0.732. The average Bonchev–Trinajstić information content (AvgIpc) is 2.98. The van der Waals surface area contributed by atoms with Gasteiger partial charge in [-0.3, -0.25) is 9.69 Å². The van der Waals surface area contributed by atoms with E-state index in [9.17, 15) is 10.1 Å². The molecule has 0 fully saturated rings. The molecule has 1 aliphatic carbocycles. The molecule has 0 spiro atoms. The van der Waals surface area contributed by atoms with E-state index in [1.807, 2.05) is 36.2 Å². The molecule has 1 N–H and O–H groups in total. The molecule has 0 bridgehead atoms. The number of anilines is 1. The van der Waals surface area contributed by atoms with Crippen LogP contribution in [0.15, 0.2) is 24.3 Å². The lowest BCUT2D eigenvalue weighted by atomic mass is 9.96. The number of nitrogens with zero attached hydrogens (tertiary/aromatic N) is 2. The number of hydrogen-bond donors (Lipinski definition) is 1. The monoisotopic (exact) mass is 369 g/mol. The van der Waals surface area contributed by atoms with E-state index in [4.69, 9.17) is 4.74 Å². The molecule has 1 aromatic carbocycles. The topological polar surface area (TPSA) is 65.4 Å². The average molecular weight is 369 g/mol. The number of methoxy groups -OCH3 is 1. The van der Waals surface area contributed by atoms with Gasteiger partial charge in [0.15, 0.2) is 0 Å².